The molecule has 3 aromatic rings. The van der Waals surface area contributed by atoms with Gasteiger partial charge in [0.1, 0.15) is 5.76 Å². The number of carbonyl (C=O) groups excluding carboxylic acids is 2. The number of hydrogen-bond donors (Lipinski definition) is 1. The number of aryl methyl sites for hydroxylation is 1. The van der Waals surface area contributed by atoms with Crippen LogP contribution in [0.4, 0.5) is 11.5 Å². The second-order valence-electron chi connectivity index (χ2n) is 7.01. The van der Waals surface area contributed by atoms with E-state index in [-0.39, 0.29) is 22.8 Å². The number of rotatable bonds is 7. The van der Waals surface area contributed by atoms with Crippen LogP contribution in [0.3, 0.4) is 0 Å². The molecule has 0 spiro atoms. The first kappa shape index (κ1) is 23.3. The first-order valence-corrected chi connectivity index (χ1v) is 11.2. The monoisotopic (exact) mass is 476 g/mol. The number of likely N-dealkylation sites (N-methyl/N-ethyl adjacent to an activating group) is 1. The third-order valence-corrected chi connectivity index (χ3v) is 6.55. The maximum atomic E-state index is 13.0. The van der Waals surface area contributed by atoms with Gasteiger partial charge in [-0.15, -0.1) is 0 Å². The average molecular weight is 477 g/mol. The minimum Gasteiger partial charge on any atom is -0.360 e. The molecule has 0 aliphatic rings. The van der Waals surface area contributed by atoms with E-state index >= 15 is 0 Å². The third kappa shape index (κ3) is 5.27. The van der Waals surface area contributed by atoms with E-state index in [1.54, 1.807) is 31.2 Å². The minimum atomic E-state index is -3.95. The van der Waals surface area contributed by atoms with Crippen LogP contribution >= 0.6 is 11.6 Å². The molecule has 0 aliphatic heterocycles. The van der Waals surface area contributed by atoms with Gasteiger partial charge in [-0.05, 0) is 43.3 Å². The number of carbonyl (C=O) groups is 2. The van der Waals surface area contributed by atoms with Gasteiger partial charge in [-0.3, -0.25) is 13.9 Å². The van der Waals surface area contributed by atoms with Crippen molar-refractivity contribution in [2.45, 2.75) is 11.8 Å². The van der Waals surface area contributed by atoms with Gasteiger partial charge in [0.05, 0.1) is 17.1 Å². The Morgan fingerprint density at radius 1 is 1.09 bits per heavy atom. The highest BCUT2D eigenvalue weighted by Crippen LogP contribution is 2.25. The van der Waals surface area contributed by atoms with Gasteiger partial charge < -0.3 is 14.7 Å². The van der Waals surface area contributed by atoms with Crippen LogP contribution in [0, 0.1) is 6.92 Å². The molecule has 1 aromatic heterocycles. The SMILES string of the molecule is Cc1cc(NC(=O)CN(C)C(=O)c2cccc(S(=O)(=O)N(C)c3cccc(Cl)c3)c2)no1. The van der Waals surface area contributed by atoms with Crippen LogP contribution in [0.5, 0.6) is 0 Å². The van der Waals surface area contributed by atoms with E-state index in [2.05, 4.69) is 10.5 Å². The summed E-state index contributed by atoms with van der Waals surface area (Å²) in [5, 5.41) is 6.58. The zero-order valence-corrected chi connectivity index (χ0v) is 19.1. The molecule has 1 heterocycles. The highest BCUT2D eigenvalue weighted by molar-refractivity contribution is 7.92. The lowest BCUT2D eigenvalue weighted by molar-refractivity contribution is -0.116. The van der Waals surface area contributed by atoms with Gasteiger partial charge in [-0.25, -0.2) is 8.42 Å². The number of nitrogens with one attached hydrogen (secondary N) is 1. The molecular weight excluding hydrogens is 456 g/mol. The van der Waals surface area contributed by atoms with Gasteiger partial charge in [0.15, 0.2) is 5.82 Å². The summed E-state index contributed by atoms with van der Waals surface area (Å²) in [5.41, 5.74) is 0.504. The summed E-state index contributed by atoms with van der Waals surface area (Å²) in [5.74, 6) is -0.214. The molecule has 1 N–H and O–H groups in total. The molecule has 11 heteroatoms. The van der Waals surface area contributed by atoms with Gasteiger partial charge in [0.2, 0.25) is 5.91 Å². The van der Waals surface area contributed by atoms with Crippen molar-refractivity contribution in [1.82, 2.24) is 10.1 Å². The van der Waals surface area contributed by atoms with E-state index < -0.39 is 21.8 Å². The molecule has 0 fully saturated rings. The Kier molecular flexibility index (Phi) is 6.85. The molecule has 0 atom stereocenters. The van der Waals surface area contributed by atoms with Crippen molar-refractivity contribution in [2.75, 3.05) is 30.3 Å². The number of benzene rings is 2. The largest absolute Gasteiger partial charge is 0.360 e. The Balaban J connectivity index is 1.75. The molecule has 0 bridgehead atoms. The lowest BCUT2D eigenvalue weighted by Gasteiger charge is -2.21. The van der Waals surface area contributed by atoms with Crippen LogP contribution in [0.25, 0.3) is 0 Å². The van der Waals surface area contributed by atoms with E-state index in [1.165, 1.54) is 49.3 Å². The van der Waals surface area contributed by atoms with Crippen molar-refractivity contribution in [2.24, 2.45) is 0 Å². The highest BCUT2D eigenvalue weighted by atomic mass is 35.5. The summed E-state index contributed by atoms with van der Waals surface area (Å²) >= 11 is 5.97. The summed E-state index contributed by atoms with van der Waals surface area (Å²) in [6.07, 6.45) is 0. The quantitative estimate of drug-likeness (QED) is 0.560. The van der Waals surface area contributed by atoms with Crippen LogP contribution in [0.1, 0.15) is 16.1 Å². The van der Waals surface area contributed by atoms with E-state index in [0.717, 1.165) is 4.31 Å². The van der Waals surface area contributed by atoms with E-state index in [1.807, 2.05) is 0 Å². The molecule has 0 radical (unpaired) electrons. The topological polar surface area (TPSA) is 113 Å². The molecule has 2 amide bonds. The Morgan fingerprint density at radius 2 is 1.81 bits per heavy atom. The van der Waals surface area contributed by atoms with Gasteiger partial charge >= 0.3 is 0 Å². The van der Waals surface area contributed by atoms with Crippen LogP contribution in [0.2, 0.25) is 5.02 Å². The number of sulfonamides is 1. The fraction of sp³-hybridized carbons (Fsp3) is 0.190. The predicted molar refractivity (Wildman–Crippen MR) is 120 cm³/mol. The van der Waals surface area contributed by atoms with Gasteiger partial charge in [0.25, 0.3) is 15.9 Å². The van der Waals surface area contributed by atoms with Crippen molar-refractivity contribution in [3.8, 4) is 0 Å². The lowest BCUT2D eigenvalue weighted by atomic mass is 10.2. The predicted octanol–water partition coefficient (Wildman–Crippen LogP) is 3.17. The first-order chi connectivity index (χ1) is 15.1. The molecular formula is C21H21ClN4O5S. The standard InChI is InChI=1S/C21H21ClN4O5S/c1-14-10-19(24-31-14)23-20(27)13-25(2)21(28)15-6-4-9-18(11-15)32(29,30)26(3)17-8-5-7-16(22)12-17/h4-12H,13H2,1-3H3,(H,23,24,27). The Morgan fingerprint density at radius 3 is 2.47 bits per heavy atom. The van der Waals surface area contributed by atoms with Gasteiger partial charge in [-0.1, -0.05) is 28.9 Å². The number of nitrogens with zero attached hydrogens (tertiary/aromatic N) is 3. The Hall–Kier alpha value is -3.37. The van der Waals surface area contributed by atoms with E-state index in [9.17, 15) is 18.0 Å². The smallest absolute Gasteiger partial charge is 0.264 e. The highest BCUT2D eigenvalue weighted by Gasteiger charge is 2.24. The first-order valence-electron chi connectivity index (χ1n) is 9.41. The molecule has 0 saturated carbocycles. The molecule has 32 heavy (non-hydrogen) atoms. The molecule has 3 rings (SSSR count). The van der Waals surface area contributed by atoms with Gasteiger partial charge in [-0.2, -0.15) is 0 Å². The molecule has 0 aliphatic carbocycles. The minimum absolute atomic E-state index is 0.0678. The molecule has 168 valence electrons. The lowest BCUT2D eigenvalue weighted by Crippen LogP contribution is -2.35. The second kappa shape index (κ2) is 9.41. The maximum absolute atomic E-state index is 13.0. The van der Waals surface area contributed by atoms with Crippen molar-refractivity contribution >= 4 is 44.9 Å². The number of amides is 2. The molecule has 9 nitrogen and oxygen atoms in total. The van der Waals surface area contributed by atoms with Gasteiger partial charge in [0, 0.05) is 30.7 Å². The average Bonchev–Trinajstić information content (AvgIpc) is 3.16. The van der Waals surface area contributed by atoms with Crippen molar-refractivity contribution in [1.29, 1.82) is 0 Å². The zero-order chi connectivity index (χ0) is 23.5. The van der Waals surface area contributed by atoms with Crippen molar-refractivity contribution < 1.29 is 22.5 Å². The molecule has 0 saturated heterocycles. The third-order valence-electron chi connectivity index (χ3n) is 4.53. The van der Waals surface area contributed by atoms with Crippen LogP contribution < -0.4 is 9.62 Å². The number of halogens is 1. The van der Waals surface area contributed by atoms with Crippen molar-refractivity contribution in [3.05, 3.63) is 70.9 Å². The zero-order valence-electron chi connectivity index (χ0n) is 17.6. The summed E-state index contributed by atoms with van der Waals surface area (Å²) in [6.45, 7) is 1.42. The summed E-state index contributed by atoms with van der Waals surface area (Å²) in [7, 11) is -1.11. The number of aromatic nitrogens is 1. The normalized spacial score (nSPS) is 11.1. The maximum Gasteiger partial charge on any atom is 0.264 e. The van der Waals surface area contributed by atoms with Crippen molar-refractivity contribution in [3.63, 3.8) is 0 Å². The van der Waals surface area contributed by atoms with Crippen LogP contribution in [-0.2, 0) is 14.8 Å². The van der Waals surface area contributed by atoms with E-state index in [4.69, 9.17) is 16.1 Å². The fourth-order valence-corrected chi connectivity index (χ4v) is 4.29. The van der Waals surface area contributed by atoms with Crippen LogP contribution in [0.15, 0.2) is 64.0 Å². The summed E-state index contributed by atoms with van der Waals surface area (Å²) in [6, 6.07) is 13.6. The number of hydrogen-bond acceptors (Lipinski definition) is 6. The second-order valence-corrected chi connectivity index (χ2v) is 9.42. The summed E-state index contributed by atoms with van der Waals surface area (Å²) < 4.78 is 32.1. The Labute approximate surface area is 190 Å². The fourth-order valence-electron chi connectivity index (χ4n) is 2.87. The van der Waals surface area contributed by atoms with E-state index in [0.29, 0.717) is 16.5 Å². The summed E-state index contributed by atoms with van der Waals surface area (Å²) in [4.78, 5) is 26.1. The van der Waals surface area contributed by atoms with Crippen LogP contribution in [-0.4, -0.2) is 50.9 Å². The molecule has 2 aromatic carbocycles. The molecule has 0 unspecified atom stereocenters. The number of anilines is 2. The Bertz CT molecular complexity index is 1260.